The van der Waals surface area contributed by atoms with Gasteiger partial charge < -0.3 is 30.3 Å². The lowest BCUT2D eigenvalue weighted by Gasteiger charge is -2.36. The summed E-state index contributed by atoms with van der Waals surface area (Å²) in [5.41, 5.74) is 0. The molecule has 76 valence electrons. The fourth-order valence-corrected chi connectivity index (χ4v) is 1.07. The topological polar surface area (TPSA) is 127 Å². The lowest BCUT2D eigenvalue weighted by atomic mass is 9.99. The maximum Gasteiger partial charge on any atom is 0.335 e. The summed E-state index contributed by atoms with van der Waals surface area (Å²) >= 11 is 0. The molecule has 1 rings (SSSR count). The molecule has 0 radical (unpaired) electrons. The van der Waals surface area contributed by atoms with Gasteiger partial charge in [0.2, 0.25) is 0 Å². The van der Waals surface area contributed by atoms with Gasteiger partial charge in [0.1, 0.15) is 18.3 Å². The zero-order valence-electron chi connectivity index (χ0n) is 6.44. The molecular weight excluding hydrogens is 184 g/mol. The van der Waals surface area contributed by atoms with Crippen molar-refractivity contribution in [1.29, 1.82) is 0 Å². The number of carboxylic acid groups (broad SMARTS) is 1. The molecule has 0 aromatic carbocycles. The third-order valence-corrected chi connectivity index (χ3v) is 1.83. The summed E-state index contributed by atoms with van der Waals surface area (Å²) in [6, 6.07) is 0. The van der Waals surface area contributed by atoms with Crippen LogP contribution in [0.25, 0.3) is 0 Å². The summed E-state index contributed by atoms with van der Waals surface area (Å²) in [4.78, 5) is 10.4. The molecular formula is C6H10O7. The average Bonchev–Trinajstić information content (AvgIpc) is 2.07. The molecule has 0 aliphatic carbocycles. The second kappa shape index (κ2) is 3.56. The SMILES string of the molecule is O=C(O)[C@H]1OC(O)[C@H](O)[C@H](O)[C@@H]1O. The molecule has 7 nitrogen and oxygen atoms in total. The van der Waals surface area contributed by atoms with Crippen LogP contribution >= 0.6 is 0 Å². The van der Waals surface area contributed by atoms with Crippen molar-refractivity contribution >= 4 is 5.97 Å². The van der Waals surface area contributed by atoms with Crippen molar-refractivity contribution in [3.63, 3.8) is 0 Å². The molecule has 0 amide bonds. The van der Waals surface area contributed by atoms with E-state index in [1.807, 2.05) is 0 Å². The highest BCUT2D eigenvalue weighted by Gasteiger charge is 2.46. The Hall–Kier alpha value is -0.730. The van der Waals surface area contributed by atoms with Crippen molar-refractivity contribution in [2.45, 2.75) is 30.7 Å². The van der Waals surface area contributed by atoms with Crippen molar-refractivity contribution in [2.75, 3.05) is 0 Å². The lowest BCUT2D eigenvalue weighted by molar-refractivity contribution is -0.279. The number of aliphatic carboxylic acids is 1. The Morgan fingerprint density at radius 2 is 1.54 bits per heavy atom. The van der Waals surface area contributed by atoms with E-state index in [1.54, 1.807) is 0 Å². The second-order valence-electron chi connectivity index (χ2n) is 2.76. The van der Waals surface area contributed by atoms with Crippen LogP contribution in [0.5, 0.6) is 0 Å². The van der Waals surface area contributed by atoms with Crippen molar-refractivity contribution in [3.8, 4) is 0 Å². The predicted molar refractivity (Wildman–Crippen MR) is 36.5 cm³/mol. The van der Waals surface area contributed by atoms with Crippen LogP contribution in [-0.4, -0.2) is 62.2 Å². The Bertz CT molecular complexity index is 205. The summed E-state index contributed by atoms with van der Waals surface area (Å²) in [5.74, 6) is -1.52. The van der Waals surface area contributed by atoms with Gasteiger partial charge in [0.15, 0.2) is 12.4 Å². The highest BCUT2D eigenvalue weighted by atomic mass is 16.6. The molecule has 0 aromatic heterocycles. The molecule has 1 aliphatic rings. The quantitative estimate of drug-likeness (QED) is 0.298. The lowest BCUT2D eigenvalue weighted by Crippen LogP contribution is -2.59. The number of aliphatic hydroxyl groups is 4. The van der Waals surface area contributed by atoms with E-state index in [9.17, 15) is 4.79 Å². The van der Waals surface area contributed by atoms with Crippen molar-refractivity contribution < 1.29 is 35.1 Å². The zero-order chi connectivity index (χ0) is 10.2. The van der Waals surface area contributed by atoms with Gasteiger partial charge in [-0.3, -0.25) is 0 Å². The van der Waals surface area contributed by atoms with E-state index in [2.05, 4.69) is 4.74 Å². The van der Waals surface area contributed by atoms with Gasteiger partial charge in [-0.2, -0.15) is 0 Å². The Labute approximate surface area is 72.8 Å². The van der Waals surface area contributed by atoms with Crippen LogP contribution in [0.4, 0.5) is 0 Å². The summed E-state index contributed by atoms with van der Waals surface area (Å²) in [6.45, 7) is 0. The Balaban J connectivity index is 2.76. The molecule has 1 heterocycles. The third-order valence-electron chi connectivity index (χ3n) is 1.83. The molecule has 5 N–H and O–H groups in total. The number of ether oxygens (including phenoxy) is 1. The average molecular weight is 194 g/mol. The van der Waals surface area contributed by atoms with E-state index >= 15 is 0 Å². The predicted octanol–water partition coefficient (Wildman–Crippen LogP) is -3.13. The van der Waals surface area contributed by atoms with Gasteiger partial charge in [-0.25, -0.2) is 4.79 Å². The molecule has 7 heteroatoms. The van der Waals surface area contributed by atoms with Gasteiger partial charge in [0.25, 0.3) is 0 Å². The van der Waals surface area contributed by atoms with Crippen LogP contribution in [0.2, 0.25) is 0 Å². The van der Waals surface area contributed by atoms with Gasteiger partial charge in [-0.15, -0.1) is 0 Å². The minimum Gasteiger partial charge on any atom is -0.479 e. The normalized spacial score (nSPS) is 46.0. The standard InChI is InChI=1S/C6H10O7/c7-1-2(8)4(5(10)11)13-6(12)3(1)9/h1-4,6-9,12H,(H,10,11)/t1-,2+,3-,4+,6?/m1/s1. The number of rotatable bonds is 1. The van der Waals surface area contributed by atoms with Gasteiger partial charge >= 0.3 is 5.97 Å². The van der Waals surface area contributed by atoms with Crippen LogP contribution in [0.1, 0.15) is 0 Å². The van der Waals surface area contributed by atoms with Gasteiger partial charge in [-0.1, -0.05) is 0 Å². The highest BCUT2D eigenvalue weighted by molar-refractivity contribution is 5.73. The van der Waals surface area contributed by atoms with E-state index in [-0.39, 0.29) is 0 Å². The summed E-state index contributed by atoms with van der Waals surface area (Å²) in [6.07, 6.45) is -8.72. The summed E-state index contributed by atoms with van der Waals surface area (Å²) in [7, 11) is 0. The summed E-state index contributed by atoms with van der Waals surface area (Å²) < 4.78 is 4.34. The molecule has 0 spiro atoms. The first-order valence-electron chi connectivity index (χ1n) is 3.55. The molecule has 1 unspecified atom stereocenters. The maximum absolute atomic E-state index is 10.4. The largest absolute Gasteiger partial charge is 0.479 e. The fourth-order valence-electron chi connectivity index (χ4n) is 1.07. The first kappa shape index (κ1) is 10.4. The van der Waals surface area contributed by atoms with Crippen molar-refractivity contribution in [2.24, 2.45) is 0 Å². The molecule has 0 saturated carbocycles. The molecule has 13 heavy (non-hydrogen) atoms. The number of hydrogen-bond donors (Lipinski definition) is 5. The number of hydrogen-bond acceptors (Lipinski definition) is 6. The summed E-state index contributed by atoms with van der Waals surface area (Å²) in [5, 5.41) is 44.4. The molecule has 0 aromatic rings. The van der Waals surface area contributed by atoms with E-state index < -0.39 is 36.7 Å². The Kier molecular flexibility index (Phi) is 2.84. The molecule has 1 saturated heterocycles. The molecule has 1 aliphatic heterocycles. The monoisotopic (exact) mass is 194 g/mol. The number of carbonyl (C=O) groups is 1. The molecule has 5 atom stereocenters. The smallest absolute Gasteiger partial charge is 0.335 e. The van der Waals surface area contributed by atoms with Gasteiger partial charge in [0, 0.05) is 0 Å². The van der Waals surface area contributed by atoms with E-state index in [0.717, 1.165) is 0 Å². The highest BCUT2D eigenvalue weighted by Crippen LogP contribution is 2.19. The maximum atomic E-state index is 10.4. The van der Waals surface area contributed by atoms with E-state index in [1.165, 1.54) is 0 Å². The molecule has 0 bridgehead atoms. The van der Waals surface area contributed by atoms with Crippen LogP contribution in [-0.2, 0) is 9.53 Å². The van der Waals surface area contributed by atoms with Gasteiger partial charge in [-0.05, 0) is 0 Å². The molecule has 1 fully saturated rings. The van der Waals surface area contributed by atoms with E-state index in [0.29, 0.717) is 0 Å². The Morgan fingerprint density at radius 3 is 2.00 bits per heavy atom. The first-order chi connectivity index (χ1) is 5.95. The van der Waals surface area contributed by atoms with Crippen LogP contribution in [0, 0.1) is 0 Å². The van der Waals surface area contributed by atoms with Crippen LogP contribution in [0.3, 0.4) is 0 Å². The van der Waals surface area contributed by atoms with E-state index in [4.69, 9.17) is 25.5 Å². The number of aliphatic hydroxyl groups excluding tert-OH is 4. The van der Waals surface area contributed by atoms with Gasteiger partial charge in [0.05, 0.1) is 0 Å². The van der Waals surface area contributed by atoms with Crippen LogP contribution < -0.4 is 0 Å². The van der Waals surface area contributed by atoms with Crippen LogP contribution in [0.15, 0.2) is 0 Å². The second-order valence-corrected chi connectivity index (χ2v) is 2.76. The minimum atomic E-state index is -1.81. The Morgan fingerprint density at radius 1 is 1.00 bits per heavy atom. The minimum absolute atomic E-state index is 1.52. The fraction of sp³-hybridized carbons (Fsp3) is 0.833. The number of carboxylic acids is 1. The zero-order valence-corrected chi connectivity index (χ0v) is 6.44. The van der Waals surface area contributed by atoms with Crippen molar-refractivity contribution in [3.05, 3.63) is 0 Å². The third kappa shape index (κ3) is 1.79. The first-order valence-corrected chi connectivity index (χ1v) is 3.55. The van der Waals surface area contributed by atoms with Crippen molar-refractivity contribution in [1.82, 2.24) is 0 Å².